The minimum atomic E-state index is -0.621. The summed E-state index contributed by atoms with van der Waals surface area (Å²) in [5, 5.41) is 13.6. The summed E-state index contributed by atoms with van der Waals surface area (Å²) in [5.41, 5.74) is 0.00269. The molecule has 0 spiro atoms. The summed E-state index contributed by atoms with van der Waals surface area (Å²) in [6.45, 7) is 1.69. The largest absolute Gasteiger partial charge is 0.481 e. The Kier molecular flexibility index (Phi) is 5.75. The second-order valence-electron chi connectivity index (χ2n) is 5.71. The van der Waals surface area contributed by atoms with Gasteiger partial charge in [-0.3, -0.25) is 14.9 Å². The van der Waals surface area contributed by atoms with E-state index in [0.29, 0.717) is 5.75 Å². The fourth-order valence-corrected chi connectivity index (χ4v) is 2.65. The molecular formula is C16H22N2O4. The van der Waals surface area contributed by atoms with Gasteiger partial charge in [0.2, 0.25) is 0 Å². The number of rotatable bonds is 5. The van der Waals surface area contributed by atoms with Crippen molar-refractivity contribution in [3.8, 4) is 5.75 Å². The van der Waals surface area contributed by atoms with Crippen LogP contribution in [0, 0.1) is 10.1 Å². The number of benzene rings is 1. The van der Waals surface area contributed by atoms with Gasteiger partial charge >= 0.3 is 0 Å². The van der Waals surface area contributed by atoms with Crippen molar-refractivity contribution < 1.29 is 14.5 Å². The van der Waals surface area contributed by atoms with Gasteiger partial charge in [-0.25, -0.2) is 0 Å². The number of hydrogen-bond donors (Lipinski definition) is 1. The van der Waals surface area contributed by atoms with Crippen LogP contribution in [0.4, 0.5) is 5.69 Å². The zero-order chi connectivity index (χ0) is 15.9. The highest BCUT2D eigenvalue weighted by Gasteiger charge is 2.20. The van der Waals surface area contributed by atoms with E-state index in [9.17, 15) is 14.9 Å². The van der Waals surface area contributed by atoms with Crippen molar-refractivity contribution >= 4 is 11.6 Å². The Bertz CT molecular complexity index is 507. The Morgan fingerprint density at radius 2 is 1.82 bits per heavy atom. The number of amides is 1. The second-order valence-corrected chi connectivity index (χ2v) is 5.71. The van der Waals surface area contributed by atoms with E-state index in [4.69, 9.17) is 4.74 Å². The predicted octanol–water partition coefficient (Wildman–Crippen LogP) is 3.20. The van der Waals surface area contributed by atoms with Crippen LogP contribution in [0.5, 0.6) is 5.75 Å². The number of ether oxygens (including phenoxy) is 1. The molecule has 1 aromatic rings. The zero-order valence-electron chi connectivity index (χ0n) is 12.8. The van der Waals surface area contributed by atoms with E-state index in [0.717, 1.165) is 25.7 Å². The second kappa shape index (κ2) is 7.77. The smallest absolute Gasteiger partial charge is 0.269 e. The molecule has 1 aliphatic carbocycles. The van der Waals surface area contributed by atoms with Gasteiger partial charge in [0.1, 0.15) is 5.75 Å². The zero-order valence-corrected chi connectivity index (χ0v) is 12.8. The maximum atomic E-state index is 12.2. The summed E-state index contributed by atoms with van der Waals surface area (Å²) in [7, 11) is 0. The van der Waals surface area contributed by atoms with Crippen molar-refractivity contribution in [2.45, 2.75) is 57.6 Å². The van der Waals surface area contributed by atoms with E-state index in [1.165, 1.54) is 37.1 Å². The predicted molar refractivity (Wildman–Crippen MR) is 82.8 cm³/mol. The Morgan fingerprint density at radius 1 is 1.23 bits per heavy atom. The standard InChI is InChI=1S/C16H22N2O4/c1-12(16(19)17-13-6-4-2-3-5-7-13)22-15-10-8-14(9-11-15)18(20)21/h8-13H,2-7H2,1H3,(H,17,19). The van der Waals surface area contributed by atoms with Gasteiger partial charge in [0.05, 0.1) is 4.92 Å². The third-order valence-electron chi connectivity index (χ3n) is 3.93. The lowest BCUT2D eigenvalue weighted by atomic mass is 10.1. The van der Waals surface area contributed by atoms with Crippen LogP contribution in [-0.4, -0.2) is 23.0 Å². The average molecular weight is 306 g/mol. The highest BCUT2D eigenvalue weighted by molar-refractivity contribution is 5.81. The molecule has 1 atom stereocenters. The lowest BCUT2D eigenvalue weighted by molar-refractivity contribution is -0.384. The van der Waals surface area contributed by atoms with E-state index in [-0.39, 0.29) is 17.6 Å². The fourth-order valence-electron chi connectivity index (χ4n) is 2.65. The summed E-state index contributed by atoms with van der Waals surface area (Å²) >= 11 is 0. The molecule has 1 N–H and O–H groups in total. The summed E-state index contributed by atoms with van der Waals surface area (Å²) < 4.78 is 5.55. The molecule has 2 rings (SSSR count). The maximum Gasteiger partial charge on any atom is 0.269 e. The molecule has 0 saturated heterocycles. The van der Waals surface area contributed by atoms with Gasteiger partial charge in [-0.2, -0.15) is 0 Å². The van der Waals surface area contributed by atoms with Gasteiger partial charge in [-0.1, -0.05) is 25.7 Å². The van der Waals surface area contributed by atoms with Gasteiger partial charge in [0.15, 0.2) is 6.10 Å². The lowest BCUT2D eigenvalue weighted by Crippen LogP contribution is -2.42. The molecular weight excluding hydrogens is 284 g/mol. The van der Waals surface area contributed by atoms with E-state index >= 15 is 0 Å². The Morgan fingerprint density at radius 3 is 2.36 bits per heavy atom. The normalized spacial score (nSPS) is 17.3. The molecule has 0 aromatic heterocycles. The molecule has 1 aromatic carbocycles. The first kappa shape index (κ1) is 16.3. The summed E-state index contributed by atoms with van der Waals surface area (Å²) in [4.78, 5) is 22.3. The maximum absolute atomic E-state index is 12.2. The topological polar surface area (TPSA) is 81.5 Å². The molecule has 6 nitrogen and oxygen atoms in total. The van der Waals surface area contributed by atoms with Gasteiger partial charge in [0, 0.05) is 18.2 Å². The van der Waals surface area contributed by atoms with Crippen LogP contribution in [-0.2, 0) is 4.79 Å². The van der Waals surface area contributed by atoms with Crippen LogP contribution >= 0.6 is 0 Å². The molecule has 22 heavy (non-hydrogen) atoms. The molecule has 1 amide bonds. The molecule has 0 radical (unpaired) electrons. The molecule has 0 heterocycles. The number of hydrogen-bond acceptors (Lipinski definition) is 4. The molecule has 1 aliphatic rings. The number of non-ortho nitro benzene ring substituents is 1. The van der Waals surface area contributed by atoms with Gasteiger partial charge in [0.25, 0.3) is 11.6 Å². The molecule has 1 unspecified atom stereocenters. The summed E-state index contributed by atoms with van der Waals surface area (Å²) in [5.74, 6) is 0.319. The van der Waals surface area contributed by atoms with E-state index in [1.54, 1.807) is 6.92 Å². The van der Waals surface area contributed by atoms with Crippen molar-refractivity contribution in [2.24, 2.45) is 0 Å². The first-order valence-electron chi connectivity index (χ1n) is 7.78. The van der Waals surface area contributed by atoms with Crippen LogP contribution in [0.15, 0.2) is 24.3 Å². The molecule has 1 fully saturated rings. The number of nitro groups is 1. The monoisotopic (exact) mass is 306 g/mol. The SMILES string of the molecule is CC(Oc1ccc([N+](=O)[O-])cc1)C(=O)NC1CCCCCC1. The third kappa shape index (κ3) is 4.72. The van der Waals surface area contributed by atoms with E-state index in [1.807, 2.05) is 0 Å². The van der Waals surface area contributed by atoms with Gasteiger partial charge in [-0.15, -0.1) is 0 Å². The van der Waals surface area contributed by atoms with Crippen molar-refractivity contribution in [1.29, 1.82) is 0 Å². The molecule has 6 heteroatoms. The van der Waals surface area contributed by atoms with Crippen LogP contribution in [0.2, 0.25) is 0 Å². The van der Waals surface area contributed by atoms with Crippen LogP contribution in [0.1, 0.15) is 45.4 Å². The number of carbonyl (C=O) groups excluding carboxylic acids is 1. The third-order valence-corrected chi connectivity index (χ3v) is 3.93. The number of carbonyl (C=O) groups is 1. The Labute approximate surface area is 130 Å². The minimum Gasteiger partial charge on any atom is -0.481 e. The van der Waals surface area contributed by atoms with Crippen molar-refractivity contribution in [3.63, 3.8) is 0 Å². The van der Waals surface area contributed by atoms with Gasteiger partial charge < -0.3 is 10.1 Å². The Balaban J connectivity index is 1.86. The fraction of sp³-hybridized carbons (Fsp3) is 0.562. The van der Waals surface area contributed by atoms with Crippen molar-refractivity contribution in [2.75, 3.05) is 0 Å². The quantitative estimate of drug-likeness (QED) is 0.514. The number of nitrogens with zero attached hydrogens (tertiary/aromatic N) is 1. The molecule has 120 valence electrons. The lowest BCUT2D eigenvalue weighted by Gasteiger charge is -2.20. The summed E-state index contributed by atoms with van der Waals surface area (Å²) in [6.07, 6.45) is 6.21. The molecule has 0 aliphatic heterocycles. The Hall–Kier alpha value is -2.11. The van der Waals surface area contributed by atoms with Crippen LogP contribution in [0.25, 0.3) is 0 Å². The number of nitrogens with one attached hydrogen (secondary N) is 1. The highest BCUT2D eigenvalue weighted by atomic mass is 16.6. The number of nitro benzene ring substituents is 1. The molecule has 0 bridgehead atoms. The van der Waals surface area contributed by atoms with Crippen LogP contribution in [0.3, 0.4) is 0 Å². The minimum absolute atomic E-state index is 0.00269. The van der Waals surface area contributed by atoms with E-state index < -0.39 is 11.0 Å². The van der Waals surface area contributed by atoms with Crippen molar-refractivity contribution in [3.05, 3.63) is 34.4 Å². The van der Waals surface area contributed by atoms with Gasteiger partial charge in [-0.05, 0) is 31.9 Å². The average Bonchev–Trinajstić information content (AvgIpc) is 2.76. The van der Waals surface area contributed by atoms with E-state index in [2.05, 4.69) is 5.32 Å². The first-order valence-corrected chi connectivity index (χ1v) is 7.78. The van der Waals surface area contributed by atoms with Crippen molar-refractivity contribution in [1.82, 2.24) is 5.32 Å². The highest BCUT2D eigenvalue weighted by Crippen LogP contribution is 2.19. The van der Waals surface area contributed by atoms with Crippen LogP contribution < -0.4 is 10.1 Å². The summed E-state index contributed by atoms with van der Waals surface area (Å²) in [6, 6.07) is 5.98. The first-order chi connectivity index (χ1) is 10.6. The molecule has 1 saturated carbocycles.